The number of ether oxygens (including phenoxy) is 3. The second-order valence-electron chi connectivity index (χ2n) is 8.76. The molecular formula is C19H34N2O7S. The lowest BCUT2D eigenvalue weighted by molar-refractivity contribution is -0.155. The number of esters is 1. The Hall–Kier alpha value is -1.65. The zero-order valence-electron chi connectivity index (χ0n) is 18.2. The Labute approximate surface area is 173 Å². The molecule has 0 aliphatic carbocycles. The number of carbonyl (C=O) groups is 2. The van der Waals surface area contributed by atoms with Crippen LogP contribution in [-0.4, -0.2) is 68.3 Å². The molecule has 9 nitrogen and oxygen atoms in total. The molecule has 1 aliphatic rings. The van der Waals surface area contributed by atoms with Crippen LogP contribution < -0.4 is 5.32 Å². The molecule has 1 N–H and O–H groups in total. The van der Waals surface area contributed by atoms with E-state index in [2.05, 4.69) is 5.32 Å². The van der Waals surface area contributed by atoms with E-state index in [1.807, 2.05) is 0 Å². The summed E-state index contributed by atoms with van der Waals surface area (Å²) in [5.41, 5.74) is -1.33. The molecule has 1 fully saturated rings. The lowest BCUT2D eigenvalue weighted by Gasteiger charge is -2.25. The summed E-state index contributed by atoms with van der Waals surface area (Å²) in [5.74, 6) is -0.432. The molecule has 0 radical (unpaired) electrons. The van der Waals surface area contributed by atoms with Crippen LogP contribution in [0.1, 0.15) is 54.4 Å². The first-order chi connectivity index (χ1) is 13.2. The third-order valence-electron chi connectivity index (χ3n) is 3.59. The van der Waals surface area contributed by atoms with E-state index in [1.54, 1.807) is 41.5 Å². The van der Waals surface area contributed by atoms with Crippen molar-refractivity contribution in [3.05, 3.63) is 11.5 Å². The zero-order valence-corrected chi connectivity index (χ0v) is 19.0. The van der Waals surface area contributed by atoms with E-state index in [0.29, 0.717) is 13.2 Å². The largest absolute Gasteiger partial charge is 0.460 e. The number of alkyl carbamates (subject to hydrolysis) is 1. The van der Waals surface area contributed by atoms with E-state index in [4.69, 9.17) is 14.2 Å². The number of nitrogens with one attached hydrogen (secondary N) is 1. The number of nitrogens with zero attached hydrogens (tertiary/aromatic N) is 1. The van der Waals surface area contributed by atoms with Crippen LogP contribution in [0.15, 0.2) is 11.5 Å². The van der Waals surface area contributed by atoms with Gasteiger partial charge in [-0.25, -0.2) is 13.2 Å². The number of hydrogen-bond donors (Lipinski definition) is 1. The van der Waals surface area contributed by atoms with Crippen LogP contribution in [0.4, 0.5) is 4.79 Å². The fourth-order valence-corrected chi connectivity index (χ4v) is 3.64. The predicted molar refractivity (Wildman–Crippen MR) is 109 cm³/mol. The van der Waals surface area contributed by atoms with Crippen molar-refractivity contribution in [1.29, 1.82) is 0 Å². The topological polar surface area (TPSA) is 111 Å². The van der Waals surface area contributed by atoms with Crippen LogP contribution >= 0.6 is 0 Å². The Bertz CT molecular complexity index is 684. The van der Waals surface area contributed by atoms with Crippen molar-refractivity contribution in [2.45, 2.75) is 71.6 Å². The highest BCUT2D eigenvalue weighted by atomic mass is 32.2. The third-order valence-corrected chi connectivity index (χ3v) is 5.18. The minimum atomic E-state index is -3.65. The minimum absolute atomic E-state index is 0.0136. The normalized spacial score (nSPS) is 17.7. The smallest absolute Gasteiger partial charge is 0.408 e. The summed E-state index contributed by atoms with van der Waals surface area (Å²) in [6.45, 7) is 11.7. The summed E-state index contributed by atoms with van der Waals surface area (Å²) in [6.07, 6.45) is 0.849. The second kappa shape index (κ2) is 10.4. The molecule has 0 aromatic carbocycles. The average Bonchev–Trinajstić information content (AvgIpc) is 2.55. The van der Waals surface area contributed by atoms with E-state index in [-0.39, 0.29) is 25.9 Å². The van der Waals surface area contributed by atoms with Crippen molar-refractivity contribution in [2.24, 2.45) is 0 Å². The number of morpholine rings is 1. The maximum absolute atomic E-state index is 12.5. The van der Waals surface area contributed by atoms with Crippen molar-refractivity contribution >= 4 is 22.1 Å². The van der Waals surface area contributed by atoms with Crippen LogP contribution in [0.3, 0.4) is 0 Å². The summed E-state index contributed by atoms with van der Waals surface area (Å²) >= 11 is 0. The van der Waals surface area contributed by atoms with Crippen LogP contribution in [0.2, 0.25) is 0 Å². The van der Waals surface area contributed by atoms with Crippen LogP contribution in [-0.2, 0) is 29.0 Å². The molecule has 29 heavy (non-hydrogen) atoms. The van der Waals surface area contributed by atoms with Gasteiger partial charge in [0.1, 0.15) is 11.2 Å². The minimum Gasteiger partial charge on any atom is -0.460 e. The summed E-state index contributed by atoms with van der Waals surface area (Å²) in [7, 11) is -3.65. The first-order valence-electron chi connectivity index (χ1n) is 9.65. The van der Waals surface area contributed by atoms with E-state index in [0.717, 1.165) is 5.41 Å². The molecule has 10 heteroatoms. The van der Waals surface area contributed by atoms with E-state index >= 15 is 0 Å². The van der Waals surface area contributed by atoms with Gasteiger partial charge in [0.15, 0.2) is 0 Å². The summed E-state index contributed by atoms with van der Waals surface area (Å²) in [5, 5.41) is 3.65. The predicted octanol–water partition coefficient (Wildman–Crippen LogP) is 2.18. The maximum atomic E-state index is 12.5. The molecule has 0 aromatic rings. The van der Waals surface area contributed by atoms with Crippen molar-refractivity contribution in [3.8, 4) is 0 Å². The van der Waals surface area contributed by atoms with Gasteiger partial charge in [-0.2, -0.15) is 4.31 Å². The van der Waals surface area contributed by atoms with Gasteiger partial charge in [-0.05, 0) is 54.0 Å². The Kier molecular flexibility index (Phi) is 9.10. The molecular weight excluding hydrogens is 400 g/mol. The molecule has 1 rings (SSSR count). The second-order valence-corrected chi connectivity index (χ2v) is 10.6. The summed E-state index contributed by atoms with van der Waals surface area (Å²) < 4.78 is 41.9. The Morgan fingerprint density at radius 2 is 1.62 bits per heavy atom. The van der Waals surface area contributed by atoms with Gasteiger partial charge in [0.2, 0.25) is 10.0 Å². The average molecular weight is 435 g/mol. The quantitative estimate of drug-likeness (QED) is 0.611. The number of amides is 1. The highest BCUT2D eigenvalue weighted by molar-refractivity contribution is 7.92. The molecule has 0 saturated carbocycles. The fourth-order valence-electron chi connectivity index (χ4n) is 2.42. The Balaban J connectivity index is 2.82. The van der Waals surface area contributed by atoms with Crippen LogP contribution in [0.25, 0.3) is 0 Å². The monoisotopic (exact) mass is 434 g/mol. The first-order valence-corrected chi connectivity index (χ1v) is 11.2. The molecule has 168 valence electrons. The summed E-state index contributed by atoms with van der Waals surface area (Å²) in [4.78, 5) is 24.1. The highest BCUT2D eigenvalue weighted by Crippen LogP contribution is 2.13. The molecule has 1 saturated heterocycles. The molecule has 1 aliphatic heterocycles. The molecule has 0 spiro atoms. The molecule has 0 unspecified atom stereocenters. The SMILES string of the molecule is CC(C)(C)OC(=O)CC[C@@H](/C=C/S(=O)(=O)N1CCOCC1)NC(=O)OC(C)(C)C. The Morgan fingerprint density at radius 1 is 1.07 bits per heavy atom. The van der Waals surface area contributed by atoms with E-state index in [1.165, 1.54) is 10.4 Å². The van der Waals surface area contributed by atoms with Gasteiger partial charge in [-0.15, -0.1) is 0 Å². The van der Waals surface area contributed by atoms with Gasteiger partial charge in [-0.3, -0.25) is 4.79 Å². The van der Waals surface area contributed by atoms with Crippen molar-refractivity contribution in [1.82, 2.24) is 9.62 Å². The van der Waals surface area contributed by atoms with Gasteiger partial charge < -0.3 is 19.5 Å². The molecule has 0 aromatic heterocycles. The van der Waals surface area contributed by atoms with Gasteiger partial charge in [0, 0.05) is 24.9 Å². The van der Waals surface area contributed by atoms with E-state index < -0.39 is 39.3 Å². The third kappa shape index (κ3) is 11.2. The lowest BCUT2D eigenvalue weighted by Crippen LogP contribution is -2.40. The summed E-state index contributed by atoms with van der Waals surface area (Å²) in [6, 6.07) is -0.715. The number of rotatable bonds is 7. The van der Waals surface area contributed by atoms with E-state index in [9.17, 15) is 18.0 Å². The van der Waals surface area contributed by atoms with Crippen molar-refractivity contribution in [3.63, 3.8) is 0 Å². The fraction of sp³-hybridized carbons (Fsp3) is 0.789. The molecule has 1 amide bonds. The lowest BCUT2D eigenvalue weighted by atomic mass is 10.1. The van der Waals surface area contributed by atoms with Gasteiger partial charge in [0.05, 0.1) is 19.3 Å². The number of sulfonamides is 1. The Morgan fingerprint density at radius 3 is 2.14 bits per heavy atom. The molecule has 1 heterocycles. The van der Waals surface area contributed by atoms with Gasteiger partial charge >= 0.3 is 12.1 Å². The van der Waals surface area contributed by atoms with Crippen molar-refractivity contribution in [2.75, 3.05) is 26.3 Å². The van der Waals surface area contributed by atoms with Crippen molar-refractivity contribution < 1.29 is 32.2 Å². The maximum Gasteiger partial charge on any atom is 0.408 e. The number of carbonyl (C=O) groups excluding carboxylic acids is 2. The van der Waals surface area contributed by atoms with Gasteiger partial charge in [0.25, 0.3) is 0 Å². The highest BCUT2D eigenvalue weighted by Gasteiger charge is 2.24. The zero-order chi connectivity index (χ0) is 22.3. The molecule has 1 atom stereocenters. The first kappa shape index (κ1) is 25.4. The molecule has 0 bridgehead atoms. The van der Waals surface area contributed by atoms with Crippen LogP contribution in [0, 0.1) is 0 Å². The van der Waals surface area contributed by atoms with Crippen LogP contribution in [0.5, 0.6) is 0 Å². The van der Waals surface area contributed by atoms with Gasteiger partial charge in [-0.1, -0.05) is 0 Å². The number of hydrogen-bond acceptors (Lipinski definition) is 7. The standard InChI is InChI=1S/C19H34N2O7S/c1-18(2,3)27-16(22)8-7-15(20-17(23)28-19(4,5)6)9-14-29(24,25)21-10-12-26-13-11-21/h9,14-15H,7-8,10-13H2,1-6H3,(H,20,23)/b14-9+/t15-/m0/s1.